The van der Waals surface area contributed by atoms with Gasteiger partial charge >= 0.3 is 5.97 Å². The monoisotopic (exact) mass is 552 g/mol. The zero-order chi connectivity index (χ0) is 29.1. The second kappa shape index (κ2) is 11.4. The molecule has 1 N–H and O–H groups in total. The Kier molecular flexibility index (Phi) is 7.94. The fourth-order valence-corrected chi connectivity index (χ4v) is 4.35. The molecule has 4 rings (SSSR count). The summed E-state index contributed by atoms with van der Waals surface area (Å²) in [4.78, 5) is 25.2. The Morgan fingerprint density at radius 2 is 1.30 bits per heavy atom. The number of methoxy groups -OCH3 is 6. The molecule has 0 aliphatic carbocycles. The van der Waals surface area contributed by atoms with Crippen LogP contribution in [-0.2, 0) is 4.79 Å². The number of hydrogen-bond acceptors (Lipinski definition) is 11. The van der Waals surface area contributed by atoms with Crippen molar-refractivity contribution < 1.29 is 47.5 Å². The second-order valence-corrected chi connectivity index (χ2v) is 8.36. The largest absolute Gasteiger partial charge is 0.504 e. The van der Waals surface area contributed by atoms with Gasteiger partial charge in [-0.1, -0.05) is 0 Å². The van der Waals surface area contributed by atoms with Crippen molar-refractivity contribution in [2.45, 2.75) is 6.92 Å². The van der Waals surface area contributed by atoms with Gasteiger partial charge in [-0.05, 0) is 12.1 Å². The Balaban J connectivity index is 2.14. The molecule has 0 radical (unpaired) electrons. The molecule has 11 heteroatoms. The highest BCUT2D eigenvalue weighted by atomic mass is 16.6. The van der Waals surface area contributed by atoms with Crippen LogP contribution >= 0.6 is 0 Å². The quantitative estimate of drug-likeness (QED) is 0.227. The average Bonchev–Trinajstić information content (AvgIpc) is 2.96. The van der Waals surface area contributed by atoms with E-state index in [-0.39, 0.29) is 50.7 Å². The number of benzene rings is 3. The van der Waals surface area contributed by atoms with E-state index >= 15 is 0 Å². The van der Waals surface area contributed by atoms with Gasteiger partial charge < -0.3 is 42.7 Å². The van der Waals surface area contributed by atoms with Crippen molar-refractivity contribution in [2.75, 3.05) is 42.7 Å². The van der Waals surface area contributed by atoms with Crippen molar-refractivity contribution in [3.8, 4) is 68.4 Å². The highest BCUT2D eigenvalue weighted by molar-refractivity contribution is 5.94. The standard InChI is InChI=1S/C29H28O11/c1-14(30)39-29-25(38-7)13-23(37-6)26(28(29)32)17-11-21(35-4)20(34-3)10-16(17)19-12-18(31)27-22(36-5)8-15(33-2)9-24(27)40-19/h8-13,32H,1-7H3. The van der Waals surface area contributed by atoms with Gasteiger partial charge in [0, 0.05) is 42.3 Å². The Bertz CT molecular complexity index is 1650. The molecular formula is C29H28O11. The number of rotatable bonds is 9. The lowest BCUT2D eigenvalue weighted by Crippen LogP contribution is -2.06. The lowest BCUT2D eigenvalue weighted by Gasteiger charge is -2.20. The van der Waals surface area contributed by atoms with Crippen LogP contribution < -0.4 is 38.6 Å². The Hall–Kier alpha value is -5.06. The molecule has 4 aromatic rings. The van der Waals surface area contributed by atoms with E-state index in [0.29, 0.717) is 28.4 Å². The minimum absolute atomic E-state index is 0.0618. The van der Waals surface area contributed by atoms with E-state index < -0.39 is 11.7 Å². The summed E-state index contributed by atoms with van der Waals surface area (Å²) in [5, 5.41) is 11.6. The third-order valence-electron chi connectivity index (χ3n) is 6.15. The number of ether oxygens (including phenoxy) is 7. The first-order valence-corrected chi connectivity index (χ1v) is 11.8. The highest BCUT2D eigenvalue weighted by Gasteiger charge is 2.28. The molecular weight excluding hydrogens is 524 g/mol. The number of hydrogen-bond donors (Lipinski definition) is 1. The van der Waals surface area contributed by atoms with Crippen molar-refractivity contribution in [2.24, 2.45) is 0 Å². The van der Waals surface area contributed by atoms with E-state index in [1.807, 2.05) is 0 Å². The van der Waals surface area contributed by atoms with E-state index in [0.717, 1.165) is 0 Å². The van der Waals surface area contributed by atoms with Crippen LogP contribution in [0, 0.1) is 0 Å². The number of esters is 1. The number of fused-ring (bicyclic) bond motifs is 1. The Labute approximate surface area is 229 Å². The molecule has 0 aliphatic rings. The van der Waals surface area contributed by atoms with Gasteiger partial charge in [-0.15, -0.1) is 0 Å². The van der Waals surface area contributed by atoms with E-state index in [1.54, 1.807) is 24.3 Å². The van der Waals surface area contributed by atoms with Gasteiger partial charge in [-0.2, -0.15) is 0 Å². The molecule has 0 fully saturated rings. The third-order valence-corrected chi connectivity index (χ3v) is 6.15. The van der Waals surface area contributed by atoms with Crippen LogP contribution in [-0.4, -0.2) is 53.7 Å². The van der Waals surface area contributed by atoms with Crippen molar-refractivity contribution in [1.29, 1.82) is 0 Å². The van der Waals surface area contributed by atoms with Gasteiger partial charge in [0.2, 0.25) is 5.75 Å². The minimum Gasteiger partial charge on any atom is -0.504 e. The van der Waals surface area contributed by atoms with E-state index in [1.165, 1.54) is 61.7 Å². The fourth-order valence-electron chi connectivity index (χ4n) is 4.35. The average molecular weight is 553 g/mol. The summed E-state index contributed by atoms with van der Waals surface area (Å²) in [6.07, 6.45) is 0. The number of carbonyl (C=O) groups is 1. The number of phenols is 1. The topological polar surface area (TPSA) is 132 Å². The molecule has 0 saturated heterocycles. The molecule has 0 spiro atoms. The maximum Gasteiger partial charge on any atom is 0.308 e. The molecule has 40 heavy (non-hydrogen) atoms. The zero-order valence-corrected chi connectivity index (χ0v) is 23.0. The van der Waals surface area contributed by atoms with Crippen LogP contribution in [0.5, 0.6) is 46.0 Å². The molecule has 0 aliphatic heterocycles. The summed E-state index contributed by atoms with van der Waals surface area (Å²) < 4.78 is 44.1. The van der Waals surface area contributed by atoms with Gasteiger partial charge in [0.15, 0.2) is 28.4 Å². The van der Waals surface area contributed by atoms with Gasteiger partial charge in [0.1, 0.15) is 34.0 Å². The first kappa shape index (κ1) is 28.0. The molecule has 11 nitrogen and oxygen atoms in total. The summed E-state index contributed by atoms with van der Waals surface area (Å²) in [7, 11) is 8.58. The Morgan fingerprint density at radius 3 is 1.85 bits per heavy atom. The van der Waals surface area contributed by atoms with Crippen molar-refractivity contribution in [1.82, 2.24) is 0 Å². The highest BCUT2D eigenvalue weighted by Crippen LogP contribution is 2.53. The number of aromatic hydroxyl groups is 1. The van der Waals surface area contributed by atoms with Gasteiger partial charge in [-0.3, -0.25) is 9.59 Å². The number of carbonyl (C=O) groups excluding carboxylic acids is 1. The van der Waals surface area contributed by atoms with Crippen molar-refractivity contribution >= 4 is 16.9 Å². The molecule has 0 atom stereocenters. The van der Waals surface area contributed by atoms with Crippen LogP contribution in [0.15, 0.2) is 45.6 Å². The molecule has 0 saturated carbocycles. The molecule has 0 bridgehead atoms. The van der Waals surface area contributed by atoms with Crippen LogP contribution in [0.25, 0.3) is 33.4 Å². The molecule has 0 unspecified atom stereocenters. The van der Waals surface area contributed by atoms with Crippen LogP contribution in [0.1, 0.15) is 6.92 Å². The lowest BCUT2D eigenvalue weighted by atomic mass is 9.94. The summed E-state index contributed by atoms with van der Waals surface area (Å²) in [5.41, 5.74) is 0.557. The van der Waals surface area contributed by atoms with Crippen LogP contribution in [0.4, 0.5) is 0 Å². The Morgan fingerprint density at radius 1 is 0.700 bits per heavy atom. The van der Waals surface area contributed by atoms with Gasteiger partial charge in [0.25, 0.3) is 0 Å². The van der Waals surface area contributed by atoms with Gasteiger partial charge in [0.05, 0.1) is 48.2 Å². The SMILES string of the molecule is COc1cc(OC)c2c(=O)cc(-c3cc(OC)c(OC)cc3-c3c(OC)cc(OC)c(OC(C)=O)c3O)oc2c1. The molecule has 0 amide bonds. The van der Waals surface area contributed by atoms with Crippen molar-refractivity contribution in [3.05, 3.63) is 46.6 Å². The smallest absolute Gasteiger partial charge is 0.308 e. The first-order valence-electron chi connectivity index (χ1n) is 11.8. The first-order chi connectivity index (χ1) is 19.2. The minimum atomic E-state index is -0.680. The van der Waals surface area contributed by atoms with E-state index in [4.69, 9.17) is 37.6 Å². The maximum atomic E-state index is 13.3. The van der Waals surface area contributed by atoms with Crippen molar-refractivity contribution in [3.63, 3.8) is 0 Å². The predicted molar refractivity (Wildman–Crippen MR) is 146 cm³/mol. The summed E-state index contributed by atoms with van der Waals surface area (Å²) in [5.74, 6) is 0.318. The predicted octanol–water partition coefficient (Wildman–Crippen LogP) is 4.81. The molecule has 1 aromatic heterocycles. The van der Waals surface area contributed by atoms with E-state index in [2.05, 4.69) is 0 Å². The molecule has 3 aromatic carbocycles. The molecule has 1 heterocycles. The third kappa shape index (κ3) is 4.89. The fraction of sp³-hybridized carbons (Fsp3) is 0.241. The van der Waals surface area contributed by atoms with Crippen LogP contribution in [0.2, 0.25) is 0 Å². The normalized spacial score (nSPS) is 10.7. The summed E-state index contributed by atoms with van der Waals surface area (Å²) in [6, 6.07) is 9.06. The summed E-state index contributed by atoms with van der Waals surface area (Å²) >= 11 is 0. The van der Waals surface area contributed by atoms with Gasteiger partial charge in [-0.25, -0.2) is 0 Å². The summed E-state index contributed by atoms with van der Waals surface area (Å²) in [6.45, 7) is 1.19. The second-order valence-electron chi connectivity index (χ2n) is 8.36. The lowest BCUT2D eigenvalue weighted by molar-refractivity contribution is -0.132. The van der Waals surface area contributed by atoms with E-state index in [9.17, 15) is 14.7 Å². The number of phenolic OH excluding ortho intramolecular Hbond substituents is 1. The zero-order valence-electron chi connectivity index (χ0n) is 23.0. The maximum absolute atomic E-state index is 13.3. The van der Waals surface area contributed by atoms with Crippen LogP contribution in [0.3, 0.4) is 0 Å². The molecule has 210 valence electrons.